The van der Waals surface area contributed by atoms with Crippen molar-refractivity contribution in [1.29, 1.82) is 0 Å². The van der Waals surface area contributed by atoms with Crippen LogP contribution in [0.15, 0.2) is 48.5 Å². The van der Waals surface area contributed by atoms with E-state index in [-0.39, 0.29) is 5.91 Å². The van der Waals surface area contributed by atoms with Gasteiger partial charge >= 0.3 is 0 Å². The van der Waals surface area contributed by atoms with Crippen LogP contribution in [-0.2, 0) is 4.79 Å². The summed E-state index contributed by atoms with van der Waals surface area (Å²) < 4.78 is 5.73. The van der Waals surface area contributed by atoms with Crippen LogP contribution in [0.2, 0.25) is 0 Å². The van der Waals surface area contributed by atoms with E-state index in [1.54, 1.807) is 0 Å². The molecule has 1 saturated heterocycles. The third-order valence-corrected chi connectivity index (χ3v) is 4.88. The van der Waals surface area contributed by atoms with Gasteiger partial charge < -0.3 is 14.5 Å². The highest BCUT2D eigenvalue weighted by Gasteiger charge is 2.21. The number of rotatable bonds is 6. The van der Waals surface area contributed by atoms with Gasteiger partial charge in [0, 0.05) is 38.3 Å². The van der Waals surface area contributed by atoms with E-state index in [1.165, 1.54) is 16.8 Å². The van der Waals surface area contributed by atoms with Crippen molar-refractivity contribution in [2.45, 2.75) is 26.7 Å². The van der Waals surface area contributed by atoms with Crippen LogP contribution in [-0.4, -0.2) is 43.6 Å². The fourth-order valence-corrected chi connectivity index (χ4v) is 3.39. The van der Waals surface area contributed by atoms with Crippen LogP contribution in [0.5, 0.6) is 5.75 Å². The zero-order valence-electron chi connectivity index (χ0n) is 15.8. The minimum atomic E-state index is 0.238. The molecule has 0 bridgehead atoms. The lowest BCUT2D eigenvalue weighted by Crippen LogP contribution is -2.49. The fourth-order valence-electron chi connectivity index (χ4n) is 3.39. The Morgan fingerprint density at radius 3 is 2.50 bits per heavy atom. The molecule has 0 saturated carbocycles. The van der Waals surface area contributed by atoms with Gasteiger partial charge in [0.15, 0.2) is 0 Å². The monoisotopic (exact) mass is 352 g/mol. The Morgan fingerprint density at radius 1 is 1.00 bits per heavy atom. The molecule has 1 aliphatic heterocycles. The van der Waals surface area contributed by atoms with Crippen LogP contribution in [0.3, 0.4) is 0 Å². The third kappa shape index (κ3) is 4.78. The van der Waals surface area contributed by atoms with Gasteiger partial charge in [-0.15, -0.1) is 0 Å². The number of amides is 1. The number of anilines is 1. The number of nitrogens with zero attached hydrogens (tertiary/aromatic N) is 2. The molecule has 0 aromatic heterocycles. The molecule has 3 rings (SSSR count). The first-order valence-electron chi connectivity index (χ1n) is 9.41. The Labute approximate surface area is 156 Å². The molecule has 0 unspecified atom stereocenters. The lowest BCUT2D eigenvalue weighted by atomic mass is 10.1. The Bertz CT molecular complexity index is 736. The highest BCUT2D eigenvalue weighted by Crippen LogP contribution is 2.21. The number of hydrogen-bond acceptors (Lipinski definition) is 3. The Morgan fingerprint density at radius 2 is 1.77 bits per heavy atom. The van der Waals surface area contributed by atoms with Crippen LogP contribution in [0.1, 0.15) is 24.0 Å². The molecular weight excluding hydrogens is 324 g/mol. The molecule has 1 fully saturated rings. The summed E-state index contributed by atoms with van der Waals surface area (Å²) in [6.07, 6.45) is 1.31. The standard InChI is InChI=1S/C22H28N2O2/c1-18-7-5-9-20(17-18)26-16-6-11-22(25)24-14-12-23(13-15-24)21-10-4-3-8-19(21)2/h3-5,7-10,17H,6,11-16H2,1-2H3. The predicted octanol–water partition coefficient (Wildman–Crippen LogP) is 3.81. The van der Waals surface area contributed by atoms with Crippen molar-refractivity contribution in [2.24, 2.45) is 0 Å². The van der Waals surface area contributed by atoms with Crippen LogP contribution in [0.25, 0.3) is 0 Å². The Kier molecular flexibility index (Phi) is 6.16. The van der Waals surface area contributed by atoms with Gasteiger partial charge in [-0.05, 0) is 49.6 Å². The highest BCUT2D eigenvalue weighted by molar-refractivity contribution is 5.76. The summed E-state index contributed by atoms with van der Waals surface area (Å²) in [5, 5.41) is 0. The normalized spacial score (nSPS) is 14.4. The molecule has 4 nitrogen and oxygen atoms in total. The molecule has 1 amide bonds. The molecule has 138 valence electrons. The summed E-state index contributed by atoms with van der Waals surface area (Å²) in [7, 11) is 0. The molecule has 0 atom stereocenters. The average molecular weight is 352 g/mol. The second-order valence-corrected chi connectivity index (χ2v) is 6.92. The summed E-state index contributed by atoms with van der Waals surface area (Å²) in [5.41, 5.74) is 3.76. The van der Waals surface area contributed by atoms with E-state index in [2.05, 4.69) is 36.1 Å². The number of ether oxygens (including phenoxy) is 1. The average Bonchev–Trinajstić information content (AvgIpc) is 2.66. The van der Waals surface area contributed by atoms with Crippen molar-refractivity contribution in [3.63, 3.8) is 0 Å². The van der Waals surface area contributed by atoms with Gasteiger partial charge in [0.2, 0.25) is 5.91 Å². The van der Waals surface area contributed by atoms with Gasteiger partial charge in [0.25, 0.3) is 0 Å². The number of carbonyl (C=O) groups excluding carboxylic acids is 1. The lowest BCUT2D eigenvalue weighted by molar-refractivity contribution is -0.131. The topological polar surface area (TPSA) is 32.8 Å². The number of carbonyl (C=O) groups is 1. The first kappa shape index (κ1) is 18.3. The van der Waals surface area contributed by atoms with Crippen LogP contribution >= 0.6 is 0 Å². The number of benzene rings is 2. The predicted molar refractivity (Wildman–Crippen MR) is 106 cm³/mol. The second kappa shape index (κ2) is 8.75. The molecule has 0 radical (unpaired) electrons. The molecule has 4 heteroatoms. The van der Waals surface area contributed by atoms with E-state index in [4.69, 9.17) is 4.74 Å². The van der Waals surface area contributed by atoms with Crippen LogP contribution < -0.4 is 9.64 Å². The zero-order valence-corrected chi connectivity index (χ0v) is 15.8. The largest absolute Gasteiger partial charge is 0.494 e. The van der Waals surface area contributed by atoms with Gasteiger partial charge in [0.1, 0.15) is 5.75 Å². The van der Waals surface area contributed by atoms with E-state index in [9.17, 15) is 4.79 Å². The first-order chi connectivity index (χ1) is 12.6. The van der Waals surface area contributed by atoms with Gasteiger partial charge in [-0.3, -0.25) is 4.79 Å². The molecule has 2 aromatic rings. The van der Waals surface area contributed by atoms with Crippen LogP contribution in [0, 0.1) is 13.8 Å². The quantitative estimate of drug-likeness (QED) is 0.741. The molecule has 26 heavy (non-hydrogen) atoms. The minimum Gasteiger partial charge on any atom is -0.494 e. The van der Waals surface area contributed by atoms with Crippen molar-refractivity contribution in [3.8, 4) is 5.75 Å². The number of aryl methyl sites for hydroxylation is 2. The summed E-state index contributed by atoms with van der Waals surface area (Å²) >= 11 is 0. The van der Waals surface area contributed by atoms with Crippen molar-refractivity contribution >= 4 is 11.6 Å². The van der Waals surface area contributed by atoms with Gasteiger partial charge in [-0.2, -0.15) is 0 Å². The Hall–Kier alpha value is -2.49. The molecule has 0 aliphatic carbocycles. The molecule has 0 spiro atoms. The van der Waals surface area contributed by atoms with E-state index in [0.717, 1.165) is 38.3 Å². The first-order valence-corrected chi connectivity index (χ1v) is 9.41. The number of hydrogen-bond donors (Lipinski definition) is 0. The summed E-state index contributed by atoms with van der Waals surface area (Å²) in [4.78, 5) is 16.8. The maximum atomic E-state index is 12.4. The van der Waals surface area contributed by atoms with Crippen molar-refractivity contribution in [3.05, 3.63) is 59.7 Å². The van der Waals surface area contributed by atoms with E-state index in [1.807, 2.05) is 36.1 Å². The fraction of sp³-hybridized carbons (Fsp3) is 0.409. The van der Waals surface area contributed by atoms with Crippen molar-refractivity contribution in [2.75, 3.05) is 37.7 Å². The van der Waals surface area contributed by atoms with Gasteiger partial charge in [-0.1, -0.05) is 30.3 Å². The minimum absolute atomic E-state index is 0.238. The smallest absolute Gasteiger partial charge is 0.222 e. The zero-order chi connectivity index (χ0) is 18.4. The lowest BCUT2D eigenvalue weighted by Gasteiger charge is -2.36. The van der Waals surface area contributed by atoms with E-state index in [0.29, 0.717) is 13.0 Å². The number of piperazine rings is 1. The Balaban J connectivity index is 1.39. The van der Waals surface area contributed by atoms with Crippen molar-refractivity contribution in [1.82, 2.24) is 4.90 Å². The van der Waals surface area contributed by atoms with Crippen LogP contribution in [0.4, 0.5) is 5.69 Å². The summed E-state index contributed by atoms with van der Waals surface area (Å²) in [5.74, 6) is 1.12. The molecule has 2 aromatic carbocycles. The maximum Gasteiger partial charge on any atom is 0.222 e. The molecule has 1 heterocycles. The van der Waals surface area contributed by atoms with E-state index < -0.39 is 0 Å². The van der Waals surface area contributed by atoms with Gasteiger partial charge in [0.05, 0.1) is 6.61 Å². The number of para-hydroxylation sites is 1. The second-order valence-electron chi connectivity index (χ2n) is 6.92. The van der Waals surface area contributed by atoms with Gasteiger partial charge in [-0.25, -0.2) is 0 Å². The summed E-state index contributed by atoms with van der Waals surface area (Å²) in [6, 6.07) is 16.5. The third-order valence-electron chi connectivity index (χ3n) is 4.88. The highest BCUT2D eigenvalue weighted by atomic mass is 16.5. The van der Waals surface area contributed by atoms with E-state index >= 15 is 0 Å². The summed E-state index contributed by atoms with van der Waals surface area (Å²) in [6.45, 7) is 8.16. The SMILES string of the molecule is Cc1cccc(OCCCC(=O)N2CCN(c3ccccc3C)CC2)c1. The van der Waals surface area contributed by atoms with Crippen molar-refractivity contribution < 1.29 is 9.53 Å². The maximum absolute atomic E-state index is 12.4. The molecular formula is C22H28N2O2. The molecule has 0 N–H and O–H groups in total. The molecule has 1 aliphatic rings.